The monoisotopic (exact) mass is 245 g/mol. The lowest BCUT2D eigenvalue weighted by Crippen LogP contribution is -2.11. The molecule has 0 saturated heterocycles. The predicted molar refractivity (Wildman–Crippen MR) is 69.8 cm³/mol. The van der Waals surface area contributed by atoms with E-state index in [9.17, 15) is 0 Å². The van der Waals surface area contributed by atoms with Crippen LogP contribution in [0, 0.1) is 6.92 Å². The molecule has 0 unspecified atom stereocenters. The standard InChI is InChI=1S/C12H16ClN.ClH/c1-8(2)6-12(14)11-5-4-10(13)7-9(11)3;/h4-5,7,12H,1,6,14H2,2-3H3;1H/t12-;/m1./s1. The maximum Gasteiger partial charge on any atom is 0.0408 e. The van der Waals surface area contributed by atoms with E-state index in [-0.39, 0.29) is 18.4 Å². The minimum atomic E-state index is 0. The van der Waals surface area contributed by atoms with E-state index in [0.717, 1.165) is 28.1 Å². The van der Waals surface area contributed by atoms with Crippen LogP contribution >= 0.6 is 24.0 Å². The molecule has 1 aromatic rings. The van der Waals surface area contributed by atoms with Gasteiger partial charge in [-0.1, -0.05) is 23.2 Å². The molecule has 84 valence electrons. The van der Waals surface area contributed by atoms with Crippen molar-refractivity contribution >= 4 is 24.0 Å². The number of benzene rings is 1. The molecule has 0 radical (unpaired) electrons. The Bertz CT molecular complexity index is 347. The third-order valence-electron chi connectivity index (χ3n) is 2.20. The second-order valence-corrected chi connectivity index (χ2v) is 4.21. The first-order valence-corrected chi connectivity index (χ1v) is 5.04. The van der Waals surface area contributed by atoms with Gasteiger partial charge in [0.1, 0.15) is 0 Å². The summed E-state index contributed by atoms with van der Waals surface area (Å²) >= 11 is 5.87. The molecule has 0 fully saturated rings. The topological polar surface area (TPSA) is 26.0 Å². The number of nitrogens with two attached hydrogens (primary N) is 1. The summed E-state index contributed by atoms with van der Waals surface area (Å²) in [6, 6.07) is 5.84. The van der Waals surface area contributed by atoms with Crippen LogP contribution in [0.1, 0.15) is 30.5 Å². The van der Waals surface area contributed by atoms with Crippen LogP contribution in [0.5, 0.6) is 0 Å². The molecule has 1 rings (SSSR count). The second kappa shape index (κ2) is 6.16. The fraction of sp³-hybridized carbons (Fsp3) is 0.333. The molecule has 0 aliphatic heterocycles. The van der Waals surface area contributed by atoms with Gasteiger partial charge in [-0.2, -0.15) is 0 Å². The predicted octanol–water partition coefficient (Wildman–Crippen LogP) is 4.04. The molecular formula is C12H17Cl2N. The molecule has 0 saturated carbocycles. The van der Waals surface area contributed by atoms with E-state index in [2.05, 4.69) is 6.58 Å². The van der Waals surface area contributed by atoms with Crippen molar-refractivity contribution in [1.82, 2.24) is 0 Å². The molecule has 0 aliphatic carbocycles. The van der Waals surface area contributed by atoms with E-state index in [1.807, 2.05) is 32.0 Å². The highest BCUT2D eigenvalue weighted by molar-refractivity contribution is 6.30. The van der Waals surface area contributed by atoms with E-state index >= 15 is 0 Å². The van der Waals surface area contributed by atoms with Crippen molar-refractivity contribution in [1.29, 1.82) is 0 Å². The summed E-state index contributed by atoms with van der Waals surface area (Å²) in [5.41, 5.74) is 9.44. The van der Waals surface area contributed by atoms with Gasteiger partial charge in [0.2, 0.25) is 0 Å². The number of hydrogen-bond acceptors (Lipinski definition) is 1. The first-order chi connectivity index (χ1) is 6.50. The Balaban J connectivity index is 0.00000196. The Morgan fingerprint density at radius 2 is 2.13 bits per heavy atom. The average molecular weight is 246 g/mol. The second-order valence-electron chi connectivity index (χ2n) is 3.77. The van der Waals surface area contributed by atoms with Gasteiger partial charge < -0.3 is 5.73 Å². The van der Waals surface area contributed by atoms with Crippen LogP contribution < -0.4 is 5.73 Å². The van der Waals surface area contributed by atoms with Crippen molar-refractivity contribution in [3.05, 3.63) is 46.5 Å². The largest absolute Gasteiger partial charge is 0.324 e. The first kappa shape index (κ1) is 14.5. The van der Waals surface area contributed by atoms with Gasteiger partial charge in [0.25, 0.3) is 0 Å². The van der Waals surface area contributed by atoms with Gasteiger partial charge in [0.05, 0.1) is 0 Å². The molecular weight excluding hydrogens is 229 g/mol. The quantitative estimate of drug-likeness (QED) is 0.800. The van der Waals surface area contributed by atoms with Crippen molar-refractivity contribution in [3.8, 4) is 0 Å². The van der Waals surface area contributed by atoms with Crippen LogP contribution in [0.15, 0.2) is 30.4 Å². The van der Waals surface area contributed by atoms with E-state index in [0.29, 0.717) is 0 Å². The van der Waals surface area contributed by atoms with Crippen LogP contribution in [-0.4, -0.2) is 0 Å². The third kappa shape index (κ3) is 4.25. The van der Waals surface area contributed by atoms with Crippen molar-refractivity contribution in [2.24, 2.45) is 5.73 Å². The number of hydrogen-bond donors (Lipinski definition) is 1. The van der Waals surface area contributed by atoms with Crippen LogP contribution in [0.2, 0.25) is 5.02 Å². The zero-order valence-corrected chi connectivity index (χ0v) is 10.7. The van der Waals surface area contributed by atoms with E-state index in [1.165, 1.54) is 0 Å². The smallest absolute Gasteiger partial charge is 0.0408 e. The first-order valence-electron chi connectivity index (χ1n) is 4.66. The highest BCUT2D eigenvalue weighted by Crippen LogP contribution is 2.23. The van der Waals surface area contributed by atoms with Crippen LogP contribution in [0.4, 0.5) is 0 Å². The molecule has 15 heavy (non-hydrogen) atoms. The summed E-state index contributed by atoms with van der Waals surface area (Å²) in [6.45, 7) is 7.88. The molecule has 0 heterocycles. The Labute approximate surface area is 103 Å². The Morgan fingerprint density at radius 3 is 2.60 bits per heavy atom. The lowest BCUT2D eigenvalue weighted by atomic mass is 9.97. The van der Waals surface area contributed by atoms with Gasteiger partial charge >= 0.3 is 0 Å². The highest BCUT2D eigenvalue weighted by atomic mass is 35.5. The van der Waals surface area contributed by atoms with Gasteiger partial charge in [-0.05, 0) is 43.5 Å². The highest BCUT2D eigenvalue weighted by Gasteiger charge is 2.08. The van der Waals surface area contributed by atoms with Crippen LogP contribution in [0.3, 0.4) is 0 Å². The van der Waals surface area contributed by atoms with Crippen LogP contribution in [-0.2, 0) is 0 Å². The fourth-order valence-corrected chi connectivity index (χ4v) is 1.77. The Hall–Kier alpha value is -0.500. The molecule has 0 bridgehead atoms. The van der Waals surface area contributed by atoms with Gasteiger partial charge in [0.15, 0.2) is 0 Å². The SMILES string of the molecule is C=C(C)C[C@@H](N)c1ccc(Cl)cc1C.Cl. The van der Waals surface area contributed by atoms with Gasteiger partial charge in [-0.25, -0.2) is 0 Å². The molecule has 0 amide bonds. The van der Waals surface area contributed by atoms with E-state index in [1.54, 1.807) is 0 Å². The summed E-state index contributed by atoms with van der Waals surface area (Å²) in [7, 11) is 0. The summed E-state index contributed by atoms with van der Waals surface area (Å²) in [5, 5.41) is 0.758. The minimum Gasteiger partial charge on any atom is -0.324 e. The average Bonchev–Trinajstić information content (AvgIpc) is 2.01. The van der Waals surface area contributed by atoms with Crippen molar-refractivity contribution in [2.45, 2.75) is 26.3 Å². The lowest BCUT2D eigenvalue weighted by molar-refractivity contribution is 0.712. The van der Waals surface area contributed by atoms with E-state index in [4.69, 9.17) is 17.3 Å². The molecule has 1 aromatic carbocycles. The Morgan fingerprint density at radius 1 is 1.53 bits per heavy atom. The zero-order valence-electron chi connectivity index (χ0n) is 9.09. The molecule has 0 aliphatic rings. The fourth-order valence-electron chi connectivity index (χ4n) is 1.54. The Kier molecular flexibility index (Phi) is 5.96. The summed E-state index contributed by atoms with van der Waals surface area (Å²) in [4.78, 5) is 0. The lowest BCUT2D eigenvalue weighted by Gasteiger charge is -2.14. The maximum absolute atomic E-state index is 6.04. The minimum absolute atomic E-state index is 0. The maximum atomic E-state index is 6.04. The van der Waals surface area contributed by atoms with Crippen molar-refractivity contribution < 1.29 is 0 Å². The number of aryl methyl sites for hydroxylation is 1. The summed E-state index contributed by atoms with van der Waals surface area (Å²) in [5.74, 6) is 0. The molecule has 0 aromatic heterocycles. The molecule has 2 N–H and O–H groups in total. The number of rotatable bonds is 3. The van der Waals surface area contributed by atoms with Crippen molar-refractivity contribution in [3.63, 3.8) is 0 Å². The normalized spacial score (nSPS) is 11.7. The molecule has 3 heteroatoms. The van der Waals surface area contributed by atoms with E-state index < -0.39 is 0 Å². The van der Waals surface area contributed by atoms with Crippen LogP contribution in [0.25, 0.3) is 0 Å². The zero-order chi connectivity index (χ0) is 10.7. The molecule has 1 nitrogen and oxygen atoms in total. The summed E-state index contributed by atoms with van der Waals surface area (Å²) in [6.07, 6.45) is 0.822. The number of halogens is 2. The molecule has 0 spiro atoms. The van der Waals surface area contributed by atoms with Gasteiger partial charge in [-0.3, -0.25) is 0 Å². The summed E-state index contributed by atoms with van der Waals surface area (Å²) < 4.78 is 0. The third-order valence-corrected chi connectivity index (χ3v) is 2.43. The van der Waals surface area contributed by atoms with Gasteiger partial charge in [0, 0.05) is 11.1 Å². The van der Waals surface area contributed by atoms with Gasteiger partial charge in [-0.15, -0.1) is 19.0 Å². The molecule has 1 atom stereocenters. The van der Waals surface area contributed by atoms with Crippen molar-refractivity contribution in [2.75, 3.05) is 0 Å².